The molecule has 0 aliphatic rings. The number of rotatable bonds is 2. The van der Waals surface area contributed by atoms with Gasteiger partial charge in [-0.05, 0) is 37.3 Å². The van der Waals surface area contributed by atoms with Gasteiger partial charge >= 0.3 is 6.03 Å². The fraction of sp³-hybridized carbons (Fsp3) is 0.0625. The second-order valence-electron chi connectivity index (χ2n) is 4.76. The fourth-order valence-corrected chi connectivity index (χ4v) is 2.84. The van der Waals surface area contributed by atoms with Gasteiger partial charge in [0.25, 0.3) is 0 Å². The van der Waals surface area contributed by atoms with Gasteiger partial charge in [-0.2, -0.15) is 5.26 Å². The number of aryl methyl sites for hydroxylation is 1. The Bertz CT molecular complexity index is 877. The number of nitriles is 1. The summed E-state index contributed by atoms with van der Waals surface area (Å²) in [4.78, 5) is 16.3. The van der Waals surface area contributed by atoms with Gasteiger partial charge in [0, 0.05) is 5.69 Å². The third kappa shape index (κ3) is 3.05. The lowest BCUT2D eigenvalue weighted by Gasteiger charge is -2.05. The molecule has 5 nitrogen and oxygen atoms in total. The van der Waals surface area contributed by atoms with Crippen LogP contribution < -0.4 is 10.6 Å². The van der Waals surface area contributed by atoms with Gasteiger partial charge in [-0.15, -0.1) is 0 Å². The van der Waals surface area contributed by atoms with Gasteiger partial charge in [0.2, 0.25) is 0 Å². The molecular weight excluding hydrogens is 296 g/mol. The van der Waals surface area contributed by atoms with E-state index in [4.69, 9.17) is 5.26 Å². The lowest BCUT2D eigenvalue weighted by atomic mass is 10.2. The topological polar surface area (TPSA) is 77.8 Å². The van der Waals surface area contributed by atoms with E-state index in [-0.39, 0.29) is 6.03 Å². The number of thiazole rings is 1. The third-order valence-corrected chi connectivity index (χ3v) is 3.98. The highest BCUT2D eigenvalue weighted by Crippen LogP contribution is 2.26. The average molecular weight is 308 g/mol. The first-order chi connectivity index (χ1) is 10.6. The molecule has 0 unspecified atom stereocenters. The summed E-state index contributed by atoms with van der Waals surface area (Å²) in [5, 5.41) is 14.8. The molecule has 0 fully saturated rings. The Morgan fingerprint density at radius 3 is 2.68 bits per heavy atom. The van der Waals surface area contributed by atoms with Crippen LogP contribution in [0.4, 0.5) is 15.6 Å². The van der Waals surface area contributed by atoms with Crippen molar-refractivity contribution in [1.82, 2.24) is 4.98 Å². The van der Waals surface area contributed by atoms with E-state index in [0.29, 0.717) is 10.7 Å². The molecule has 0 aliphatic carbocycles. The van der Waals surface area contributed by atoms with Crippen LogP contribution in [0.3, 0.4) is 0 Å². The van der Waals surface area contributed by atoms with E-state index in [0.717, 1.165) is 21.5 Å². The van der Waals surface area contributed by atoms with Crippen molar-refractivity contribution < 1.29 is 4.79 Å². The number of amides is 2. The van der Waals surface area contributed by atoms with Crippen molar-refractivity contribution in [2.45, 2.75) is 6.92 Å². The van der Waals surface area contributed by atoms with Gasteiger partial charge in [-0.3, -0.25) is 5.32 Å². The molecule has 0 bridgehead atoms. The molecule has 3 rings (SSSR count). The second-order valence-corrected chi connectivity index (χ2v) is 5.79. The molecule has 0 aliphatic heterocycles. The number of benzene rings is 2. The van der Waals surface area contributed by atoms with E-state index in [9.17, 15) is 4.79 Å². The lowest BCUT2D eigenvalue weighted by molar-refractivity contribution is 0.262. The van der Waals surface area contributed by atoms with E-state index in [1.165, 1.54) is 11.3 Å². The van der Waals surface area contributed by atoms with E-state index >= 15 is 0 Å². The molecule has 0 spiro atoms. The summed E-state index contributed by atoms with van der Waals surface area (Å²) in [6.45, 7) is 1.99. The number of hydrogen-bond acceptors (Lipinski definition) is 4. The van der Waals surface area contributed by atoms with Crippen molar-refractivity contribution in [3.8, 4) is 6.07 Å². The van der Waals surface area contributed by atoms with Crippen molar-refractivity contribution in [2.24, 2.45) is 0 Å². The Labute approximate surface area is 131 Å². The Morgan fingerprint density at radius 2 is 1.95 bits per heavy atom. The van der Waals surface area contributed by atoms with Crippen molar-refractivity contribution in [3.05, 3.63) is 53.6 Å². The maximum absolute atomic E-state index is 12.0. The lowest BCUT2D eigenvalue weighted by Crippen LogP contribution is -2.19. The van der Waals surface area contributed by atoms with Crippen molar-refractivity contribution in [1.29, 1.82) is 5.26 Å². The van der Waals surface area contributed by atoms with Crippen molar-refractivity contribution in [3.63, 3.8) is 0 Å². The van der Waals surface area contributed by atoms with Gasteiger partial charge in [-0.1, -0.05) is 29.0 Å². The van der Waals surface area contributed by atoms with Crippen LogP contribution in [-0.4, -0.2) is 11.0 Å². The van der Waals surface area contributed by atoms with E-state index < -0.39 is 0 Å². The van der Waals surface area contributed by atoms with Gasteiger partial charge in [0.05, 0.1) is 21.8 Å². The fourth-order valence-electron chi connectivity index (χ4n) is 1.94. The summed E-state index contributed by atoms with van der Waals surface area (Å²) in [6, 6.07) is 14.5. The first-order valence-electron chi connectivity index (χ1n) is 6.59. The van der Waals surface area contributed by atoms with Gasteiger partial charge < -0.3 is 5.32 Å². The van der Waals surface area contributed by atoms with Crippen LogP contribution in [0.5, 0.6) is 0 Å². The molecule has 0 radical (unpaired) electrons. The number of nitrogens with one attached hydrogen (secondary N) is 2. The zero-order valence-corrected chi connectivity index (χ0v) is 12.6. The van der Waals surface area contributed by atoms with E-state index in [1.807, 2.05) is 31.2 Å². The molecule has 6 heteroatoms. The Kier molecular flexibility index (Phi) is 3.73. The summed E-state index contributed by atoms with van der Waals surface area (Å²) in [6.07, 6.45) is 0. The monoisotopic (exact) mass is 308 g/mol. The van der Waals surface area contributed by atoms with Crippen LogP contribution in [0.25, 0.3) is 10.2 Å². The Balaban J connectivity index is 1.73. The predicted octanol–water partition coefficient (Wildman–Crippen LogP) is 4.12. The molecule has 2 aromatic carbocycles. The zero-order chi connectivity index (χ0) is 15.5. The van der Waals surface area contributed by atoms with Crippen molar-refractivity contribution >= 4 is 38.4 Å². The zero-order valence-electron chi connectivity index (χ0n) is 11.8. The molecule has 0 saturated carbocycles. The van der Waals surface area contributed by atoms with E-state index in [2.05, 4.69) is 21.7 Å². The second kappa shape index (κ2) is 5.84. The molecule has 2 N–H and O–H groups in total. The maximum atomic E-state index is 12.0. The number of carbonyl (C=O) groups is 1. The highest BCUT2D eigenvalue weighted by molar-refractivity contribution is 7.22. The van der Waals surface area contributed by atoms with Gasteiger partial charge in [-0.25, -0.2) is 9.78 Å². The predicted molar refractivity (Wildman–Crippen MR) is 88.2 cm³/mol. The Morgan fingerprint density at radius 1 is 1.18 bits per heavy atom. The Hall–Kier alpha value is -2.91. The molecule has 2 amide bonds. The minimum absolute atomic E-state index is 0.344. The highest BCUT2D eigenvalue weighted by Gasteiger charge is 2.08. The summed E-state index contributed by atoms with van der Waals surface area (Å²) in [5.41, 5.74) is 3.18. The van der Waals surface area contributed by atoms with Gasteiger partial charge in [0.15, 0.2) is 5.13 Å². The van der Waals surface area contributed by atoms with Crippen LogP contribution in [0, 0.1) is 18.3 Å². The van der Waals surface area contributed by atoms with Crippen molar-refractivity contribution in [2.75, 3.05) is 10.6 Å². The number of urea groups is 1. The number of carbonyl (C=O) groups excluding carboxylic acids is 1. The first kappa shape index (κ1) is 14.0. The molecule has 108 valence electrons. The number of aromatic nitrogens is 1. The number of nitrogens with zero attached hydrogens (tertiary/aromatic N) is 2. The standard InChI is InChI=1S/C16H12N4OS/c1-10-2-5-12(6-3-10)18-15(21)20-16-19-13-7-4-11(9-17)8-14(13)22-16/h2-8H,1H3,(H2,18,19,20,21). The summed E-state index contributed by atoms with van der Waals surface area (Å²) < 4.78 is 0.865. The third-order valence-electron chi connectivity index (χ3n) is 3.05. The first-order valence-corrected chi connectivity index (χ1v) is 7.41. The molecule has 3 aromatic rings. The van der Waals surface area contributed by atoms with Crippen LogP contribution in [0.15, 0.2) is 42.5 Å². The van der Waals surface area contributed by atoms with Crippen LogP contribution in [0.2, 0.25) is 0 Å². The molecule has 22 heavy (non-hydrogen) atoms. The average Bonchev–Trinajstić information content (AvgIpc) is 2.90. The van der Waals surface area contributed by atoms with Crippen LogP contribution in [0.1, 0.15) is 11.1 Å². The SMILES string of the molecule is Cc1ccc(NC(=O)Nc2nc3ccc(C#N)cc3s2)cc1. The van der Waals surface area contributed by atoms with E-state index in [1.54, 1.807) is 18.2 Å². The molecule has 0 saturated heterocycles. The summed E-state index contributed by atoms with van der Waals surface area (Å²) in [7, 11) is 0. The maximum Gasteiger partial charge on any atom is 0.325 e. The molecule has 1 heterocycles. The smallest absolute Gasteiger partial charge is 0.308 e. The highest BCUT2D eigenvalue weighted by atomic mass is 32.1. The quantitative estimate of drug-likeness (QED) is 0.747. The number of anilines is 2. The minimum Gasteiger partial charge on any atom is -0.308 e. The minimum atomic E-state index is -0.344. The van der Waals surface area contributed by atoms with Crippen LogP contribution >= 0.6 is 11.3 Å². The summed E-state index contributed by atoms with van der Waals surface area (Å²) in [5.74, 6) is 0. The molecule has 1 aromatic heterocycles. The summed E-state index contributed by atoms with van der Waals surface area (Å²) >= 11 is 1.33. The molecule has 0 atom stereocenters. The molecular formula is C16H12N4OS. The number of hydrogen-bond donors (Lipinski definition) is 2. The van der Waals surface area contributed by atoms with Gasteiger partial charge in [0.1, 0.15) is 0 Å². The largest absolute Gasteiger partial charge is 0.325 e. The number of fused-ring (bicyclic) bond motifs is 1. The van der Waals surface area contributed by atoms with Crippen LogP contribution in [-0.2, 0) is 0 Å². The normalized spacial score (nSPS) is 10.2.